The van der Waals surface area contributed by atoms with E-state index < -0.39 is 41.7 Å². The molecule has 0 aromatic rings. The molecule has 128 valence electrons. The number of nitrogens with one attached hydrogen (secondary N) is 1. The number of alkyl halides is 3. The van der Waals surface area contributed by atoms with Crippen molar-refractivity contribution < 1.29 is 32.2 Å². The number of rotatable bonds is 3. The number of ether oxygens (including phenoxy) is 2. The molecule has 0 bridgehead atoms. The van der Waals surface area contributed by atoms with Gasteiger partial charge in [-0.3, -0.25) is 4.79 Å². The fraction of sp³-hybridized carbons (Fsp3) is 0.857. The number of methoxy groups -OCH3 is 1. The number of esters is 1. The van der Waals surface area contributed by atoms with Gasteiger partial charge < -0.3 is 14.8 Å². The van der Waals surface area contributed by atoms with E-state index in [2.05, 4.69) is 10.1 Å². The molecule has 22 heavy (non-hydrogen) atoms. The van der Waals surface area contributed by atoms with Gasteiger partial charge in [-0.05, 0) is 40.0 Å². The average molecular weight is 325 g/mol. The first-order valence-electron chi connectivity index (χ1n) is 7.02. The molecule has 1 fully saturated rings. The highest BCUT2D eigenvalue weighted by atomic mass is 19.4. The predicted molar refractivity (Wildman–Crippen MR) is 72.1 cm³/mol. The molecule has 0 aromatic heterocycles. The fourth-order valence-corrected chi connectivity index (χ4v) is 2.74. The minimum Gasteiger partial charge on any atom is -0.469 e. The molecule has 1 aliphatic rings. The summed E-state index contributed by atoms with van der Waals surface area (Å²) in [4.78, 5) is 23.5. The van der Waals surface area contributed by atoms with Gasteiger partial charge in [0, 0.05) is 6.04 Å². The zero-order valence-corrected chi connectivity index (χ0v) is 13.2. The molecule has 2 atom stereocenters. The van der Waals surface area contributed by atoms with E-state index in [-0.39, 0.29) is 19.3 Å². The van der Waals surface area contributed by atoms with Gasteiger partial charge in [-0.25, -0.2) is 4.79 Å². The Morgan fingerprint density at radius 2 is 1.86 bits per heavy atom. The summed E-state index contributed by atoms with van der Waals surface area (Å²) < 4.78 is 47.8. The molecule has 0 spiro atoms. The Balaban J connectivity index is 2.74. The highest BCUT2D eigenvalue weighted by Gasteiger charge is 2.53. The summed E-state index contributed by atoms with van der Waals surface area (Å²) in [6.45, 7) is 5.05. The lowest BCUT2D eigenvalue weighted by molar-refractivity contribution is -0.180. The summed E-state index contributed by atoms with van der Waals surface area (Å²) in [5.74, 6) is -0.890. The summed E-state index contributed by atoms with van der Waals surface area (Å²) in [6.07, 6.45) is -6.26. The largest absolute Gasteiger partial charge is 0.469 e. The van der Waals surface area contributed by atoms with Crippen LogP contribution in [0.25, 0.3) is 0 Å². The van der Waals surface area contributed by atoms with E-state index in [9.17, 15) is 22.8 Å². The van der Waals surface area contributed by atoms with Gasteiger partial charge in [0.1, 0.15) is 5.60 Å². The molecule has 0 aromatic carbocycles. The van der Waals surface area contributed by atoms with Gasteiger partial charge in [0.25, 0.3) is 0 Å². The summed E-state index contributed by atoms with van der Waals surface area (Å²) in [6, 6.07) is -0.545. The third kappa shape index (κ3) is 5.38. The summed E-state index contributed by atoms with van der Waals surface area (Å²) in [5.41, 5.74) is -2.33. The molecule has 1 N–H and O–H groups in total. The van der Waals surface area contributed by atoms with Crippen LogP contribution in [0, 0.1) is 5.41 Å². The van der Waals surface area contributed by atoms with Gasteiger partial charge in [0.15, 0.2) is 0 Å². The van der Waals surface area contributed by atoms with E-state index in [0.717, 1.165) is 7.11 Å². The lowest BCUT2D eigenvalue weighted by Crippen LogP contribution is -2.40. The lowest BCUT2D eigenvalue weighted by Gasteiger charge is -2.27. The molecule has 1 amide bonds. The summed E-state index contributed by atoms with van der Waals surface area (Å²) in [7, 11) is 1.06. The second kappa shape index (κ2) is 6.34. The molecular formula is C14H22F3NO4. The Morgan fingerprint density at radius 3 is 2.32 bits per heavy atom. The van der Waals surface area contributed by atoms with Crippen LogP contribution >= 0.6 is 0 Å². The Hall–Kier alpha value is -1.47. The zero-order chi connectivity index (χ0) is 17.2. The van der Waals surface area contributed by atoms with Crippen LogP contribution < -0.4 is 5.32 Å². The molecule has 0 saturated heterocycles. The number of halogens is 3. The van der Waals surface area contributed by atoms with Crippen molar-refractivity contribution in [2.24, 2.45) is 5.41 Å². The molecule has 0 aliphatic heterocycles. The highest BCUT2D eigenvalue weighted by molar-refractivity contribution is 5.77. The Morgan fingerprint density at radius 1 is 1.27 bits per heavy atom. The van der Waals surface area contributed by atoms with Crippen molar-refractivity contribution in [3.8, 4) is 0 Å². The van der Waals surface area contributed by atoms with Crippen LogP contribution in [-0.2, 0) is 14.3 Å². The van der Waals surface area contributed by atoms with Gasteiger partial charge in [-0.15, -0.1) is 0 Å². The minimum atomic E-state index is -4.48. The second-order valence-corrected chi connectivity index (χ2v) is 6.65. The lowest BCUT2D eigenvalue weighted by atomic mass is 9.82. The van der Waals surface area contributed by atoms with Crippen LogP contribution in [0.4, 0.5) is 18.0 Å². The van der Waals surface area contributed by atoms with Crippen molar-refractivity contribution >= 4 is 12.1 Å². The van der Waals surface area contributed by atoms with E-state index in [4.69, 9.17) is 4.74 Å². The molecule has 1 rings (SSSR count). The fourth-order valence-electron chi connectivity index (χ4n) is 2.74. The molecule has 2 unspecified atom stereocenters. The average Bonchev–Trinajstić information content (AvgIpc) is 2.67. The first-order chi connectivity index (χ1) is 9.87. The third-order valence-electron chi connectivity index (χ3n) is 3.49. The zero-order valence-electron chi connectivity index (χ0n) is 13.2. The molecule has 0 heterocycles. The van der Waals surface area contributed by atoms with Gasteiger partial charge in [0.2, 0.25) is 0 Å². The van der Waals surface area contributed by atoms with E-state index in [1.54, 1.807) is 20.8 Å². The first kappa shape index (κ1) is 18.6. The highest BCUT2D eigenvalue weighted by Crippen LogP contribution is 2.47. The minimum absolute atomic E-state index is 0.0135. The molecule has 1 aliphatic carbocycles. The van der Waals surface area contributed by atoms with Crippen LogP contribution in [-0.4, -0.2) is 37.0 Å². The predicted octanol–water partition coefficient (Wildman–Crippen LogP) is 3.18. The standard InChI is InChI=1S/C14H22F3NO4/c1-12(2,3)22-11(20)18-9-5-6-13(7-9,10(19)21-4)8-14(15,16)17/h9H,5-8H2,1-4H3,(H,18,20). The van der Waals surface area contributed by atoms with E-state index in [1.165, 1.54) is 0 Å². The molecule has 0 radical (unpaired) electrons. The normalized spacial score (nSPS) is 25.7. The van der Waals surface area contributed by atoms with Crippen LogP contribution in [0.2, 0.25) is 0 Å². The first-order valence-corrected chi connectivity index (χ1v) is 7.02. The van der Waals surface area contributed by atoms with Crippen molar-refractivity contribution in [2.45, 2.75) is 64.3 Å². The Labute approximate surface area is 127 Å². The number of hydrogen-bond donors (Lipinski definition) is 1. The second-order valence-electron chi connectivity index (χ2n) is 6.65. The topological polar surface area (TPSA) is 64.6 Å². The SMILES string of the molecule is COC(=O)C1(CC(F)(F)F)CCC(NC(=O)OC(C)(C)C)C1. The molecule has 1 saturated carbocycles. The number of carbonyl (C=O) groups is 2. The summed E-state index contributed by atoms with van der Waals surface area (Å²) >= 11 is 0. The number of carbonyl (C=O) groups excluding carboxylic acids is 2. The van der Waals surface area contributed by atoms with Gasteiger partial charge >= 0.3 is 18.2 Å². The molecule has 8 heteroatoms. The Bertz CT molecular complexity index is 431. The molecular weight excluding hydrogens is 303 g/mol. The van der Waals surface area contributed by atoms with Gasteiger partial charge in [0.05, 0.1) is 18.9 Å². The van der Waals surface area contributed by atoms with Crippen molar-refractivity contribution in [3.63, 3.8) is 0 Å². The molecule has 5 nitrogen and oxygen atoms in total. The third-order valence-corrected chi connectivity index (χ3v) is 3.49. The summed E-state index contributed by atoms with van der Waals surface area (Å²) in [5, 5.41) is 2.52. The van der Waals surface area contributed by atoms with Crippen molar-refractivity contribution in [1.29, 1.82) is 0 Å². The number of amides is 1. The smallest absolute Gasteiger partial charge is 0.407 e. The maximum atomic E-state index is 12.7. The quantitative estimate of drug-likeness (QED) is 0.810. The van der Waals surface area contributed by atoms with E-state index in [1.807, 2.05) is 0 Å². The van der Waals surface area contributed by atoms with Crippen LogP contribution in [0.3, 0.4) is 0 Å². The number of alkyl carbamates (subject to hydrolysis) is 1. The Kier molecular flexibility index (Phi) is 5.35. The maximum Gasteiger partial charge on any atom is 0.407 e. The van der Waals surface area contributed by atoms with Crippen molar-refractivity contribution in [2.75, 3.05) is 7.11 Å². The van der Waals surface area contributed by atoms with Crippen LogP contribution in [0.15, 0.2) is 0 Å². The monoisotopic (exact) mass is 325 g/mol. The van der Waals surface area contributed by atoms with Gasteiger partial charge in [-0.2, -0.15) is 13.2 Å². The van der Waals surface area contributed by atoms with Crippen LogP contribution in [0.1, 0.15) is 46.5 Å². The van der Waals surface area contributed by atoms with Crippen LogP contribution in [0.5, 0.6) is 0 Å². The van der Waals surface area contributed by atoms with E-state index in [0.29, 0.717) is 0 Å². The van der Waals surface area contributed by atoms with Crippen molar-refractivity contribution in [1.82, 2.24) is 5.32 Å². The maximum absolute atomic E-state index is 12.7. The van der Waals surface area contributed by atoms with Gasteiger partial charge in [-0.1, -0.05) is 0 Å². The van der Waals surface area contributed by atoms with E-state index >= 15 is 0 Å². The number of hydrogen-bond acceptors (Lipinski definition) is 4. The van der Waals surface area contributed by atoms with Crippen molar-refractivity contribution in [3.05, 3.63) is 0 Å².